The van der Waals surface area contributed by atoms with Crippen molar-refractivity contribution in [1.82, 2.24) is 10.2 Å². The van der Waals surface area contributed by atoms with Crippen LogP contribution in [0.3, 0.4) is 0 Å². The Kier molecular flexibility index (Phi) is 7.49. The van der Waals surface area contributed by atoms with Crippen LogP contribution in [0.25, 0.3) is 0 Å². The molecule has 1 fully saturated rings. The molecule has 3 nitrogen and oxygen atoms in total. The number of methoxy groups -OCH3 is 1. The lowest BCUT2D eigenvalue weighted by Crippen LogP contribution is -2.60. The summed E-state index contributed by atoms with van der Waals surface area (Å²) in [5.41, 5.74) is 0.387. The van der Waals surface area contributed by atoms with Gasteiger partial charge >= 0.3 is 0 Å². The van der Waals surface area contributed by atoms with Gasteiger partial charge in [-0.15, -0.1) is 0 Å². The van der Waals surface area contributed by atoms with Crippen molar-refractivity contribution in [1.29, 1.82) is 0 Å². The van der Waals surface area contributed by atoms with Gasteiger partial charge < -0.3 is 10.1 Å². The zero-order valence-electron chi connectivity index (χ0n) is 14.5. The molecule has 0 spiro atoms. The Balaban J connectivity index is 2.88. The molecule has 0 aromatic rings. The van der Waals surface area contributed by atoms with Crippen molar-refractivity contribution in [2.45, 2.75) is 78.4 Å². The van der Waals surface area contributed by atoms with E-state index in [1.807, 2.05) is 0 Å². The van der Waals surface area contributed by atoms with E-state index < -0.39 is 0 Å². The second-order valence-electron chi connectivity index (χ2n) is 6.97. The van der Waals surface area contributed by atoms with E-state index in [1.54, 1.807) is 7.11 Å². The van der Waals surface area contributed by atoms with Crippen molar-refractivity contribution < 1.29 is 4.74 Å². The van der Waals surface area contributed by atoms with E-state index in [-0.39, 0.29) is 0 Å². The topological polar surface area (TPSA) is 24.5 Å². The predicted octanol–water partition coefficient (Wildman–Crippen LogP) is 3.29. The molecule has 3 heteroatoms. The Morgan fingerprint density at radius 1 is 1.35 bits per heavy atom. The van der Waals surface area contributed by atoms with Crippen LogP contribution in [0, 0.1) is 5.41 Å². The summed E-state index contributed by atoms with van der Waals surface area (Å²) in [4.78, 5) is 2.69. The van der Waals surface area contributed by atoms with Crippen LogP contribution in [-0.4, -0.2) is 49.8 Å². The van der Waals surface area contributed by atoms with E-state index in [4.69, 9.17) is 4.74 Å². The zero-order chi connectivity index (χ0) is 15.2. The fraction of sp³-hybridized carbons (Fsp3) is 1.00. The van der Waals surface area contributed by atoms with E-state index in [9.17, 15) is 0 Å². The Bertz CT molecular complexity index is 268. The number of ether oxygens (including phenoxy) is 1. The van der Waals surface area contributed by atoms with Crippen molar-refractivity contribution in [3.63, 3.8) is 0 Å². The molecule has 1 aliphatic carbocycles. The number of hydrogen-bond acceptors (Lipinski definition) is 3. The summed E-state index contributed by atoms with van der Waals surface area (Å²) in [6.07, 6.45) is 5.20. The molecule has 0 heterocycles. The molecular formula is C17H36N2O. The van der Waals surface area contributed by atoms with Gasteiger partial charge in [-0.1, -0.05) is 34.1 Å². The van der Waals surface area contributed by atoms with Crippen LogP contribution < -0.4 is 5.32 Å². The van der Waals surface area contributed by atoms with Crippen molar-refractivity contribution in [3.05, 3.63) is 0 Å². The van der Waals surface area contributed by atoms with Gasteiger partial charge in [0.15, 0.2) is 0 Å². The number of hydrogen-bond donors (Lipinski definition) is 1. The van der Waals surface area contributed by atoms with Gasteiger partial charge in [0, 0.05) is 31.8 Å². The van der Waals surface area contributed by atoms with Gasteiger partial charge in [-0.05, 0) is 38.1 Å². The van der Waals surface area contributed by atoms with E-state index in [0.29, 0.717) is 23.5 Å². The lowest BCUT2D eigenvalue weighted by atomic mass is 9.70. The second kappa shape index (κ2) is 8.35. The summed E-state index contributed by atoms with van der Waals surface area (Å²) >= 11 is 0. The molecule has 120 valence electrons. The first-order valence-electron chi connectivity index (χ1n) is 8.46. The molecule has 0 amide bonds. The van der Waals surface area contributed by atoms with Crippen LogP contribution in [-0.2, 0) is 4.74 Å². The molecule has 3 unspecified atom stereocenters. The van der Waals surface area contributed by atoms with Crippen LogP contribution in [0.4, 0.5) is 0 Å². The van der Waals surface area contributed by atoms with Crippen LogP contribution in [0.5, 0.6) is 0 Å². The first-order chi connectivity index (χ1) is 9.47. The third kappa shape index (κ3) is 4.44. The highest BCUT2D eigenvalue weighted by Gasteiger charge is 2.41. The van der Waals surface area contributed by atoms with Crippen molar-refractivity contribution in [2.24, 2.45) is 5.41 Å². The quantitative estimate of drug-likeness (QED) is 0.740. The minimum Gasteiger partial charge on any atom is -0.383 e. The summed E-state index contributed by atoms with van der Waals surface area (Å²) in [7, 11) is 1.81. The average Bonchev–Trinajstić information content (AvgIpc) is 2.41. The van der Waals surface area contributed by atoms with Crippen LogP contribution in [0.15, 0.2) is 0 Å². The SMILES string of the molecule is CCNC1C(N(CCOC)C(C)CC)CCCC1(C)C. The zero-order valence-corrected chi connectivity index (χ0v) is 14.5. The van der Waals surface area contributed by atoms with Crippen LogP contribution in [0.2, 0.25) is 0 Å². The summed E-state index contributed by atoms with van der Waals surface area (Å²) in [6, 6.07) is 1.86. The first kappa shape index (κ1) is 17.9. The van der Waals surface area contributed by atoms with E-state index in [0.717, 1.165) is 19.7 Å². The standard InChI is InChI=1S/C17H36N2O/c1-7-14(3)19(12-13-20-6)15-10-9-11-17(4,5)16(15)18-8-2/h14-16,18H,7-13H2,1-6H3. The Morgan fingerprint density at radius 2 is 2.05 bits per heavy atom. The molecule has 0 radical (unpaired) electrons. The molecule has 3 atom stereocenters. The maximum absolute atomic E-state index is 5.34. The highest BCUT2D eigenvalue weighted by Crippen LogP contribution is 2.38. The van der Waals surface area contributed by atoms with E-state index in [1.165, 1.54) is 25.7 Å². The number of likely N-dealkylation sites (N-methyl/N-ethyl adjacent to an activating group) is 1. The number of nitrogens with one attached hydrogen (secondary N) is 1. The van der Waals surface area contributed by atoms with Gasteiger partial charge in [-0.3, -0.25) is 4.90 Å². The molecule has 0 aromatic carbocycles. The van der Waals surface area contributed by atoms with Gasteiger partial charge in [0.1, 0.15) is 0 Å². The summed E-state index contributed by atoms with van der Waals surface area (Å²) in [5, 5.41) is 3.78. The first-order valence-corrected chi connectivity index (χ1v) is 8.46. The molecule has 1 aliphatic rings. The molecular weight excluding hydrogens is 248 g/mol. The minimum absolute atomic E-state index is 0.387. The minimum atomic E-state index is 0.387. The van der Waals surface area contributed by atoms with E-state index in [2.05, 4.69) is 44.8 Å². The maximum atomic E-state index is 5.34. The van der Waals surface area contributed by atoms with Gasteiger partial charge in [0.25, 0.3) is 0 Å². The third-order valence-corrected chi connectivity index (χ3v) is 5.11. The molecule has 0 bridgehead atoms. The molecule has 1 N–H and O–H groups in total. The normalized spacial score (nSPS) is 27.8. The van der Waals surface area contributed by atoms with Gasteiger partial charge in [-0.25, -0.2) is 0 Å². The van der Waals surface area contributed by atoms with Crippen molar-refractivity contribution in [2.75, 3.05) is 26.8 Å². The van der Waals surface area contributed by atoms with Crippen LogP contribution in [0.1, 0.15) is 60.3 Å². The Labute approximate surface area is 126 Å². The summed E-state index contributed by atoms with van der Waals surface area (Å²) in [5.74, 6) is 0. The molecule has 0 aliphatic heterocycles. The number of rotatable bonds is 8. The van der Waals surface area contributed by atoms with Crippen molar-refractivity contribution in [3.8, 4) is 0 Å². The molecule has 20 heavy (non-hydrogen) atoms. The average molecular weight is 284 g/mol. The maximum Gasteiger partial charge on any atom is 0.0589 e. The van der Waals surface area contributed by atoms with E-state index >= 15 is 0 Å². The second-order valence-corrected chi connectivity index (χ2v) is 6.97. The van der Waals surface area contributed by atoms with Gasteiger partial charge in [-0.2, -0.15) is 0 Å². The lowest BCUT2D eigenvalue weighted by Gasteiger charge is -2.50. The van der Waals surface area contributed by atoms with Gasteiger partial charge in [0.2, 0.25) is 0 Å². The fourth-order valence-corrected chi connectivity index (χ4v) is 3.74. The predicted molar refractivity (Wildman–Crippen MR) is 87.2 cm³/mol. The Morgan fingerprint density at radius 3 is 2.60 bits per heavy atom. The smallest absolute Gasteiger partial charge is 0.0589 e. The van der Waals surface area contributed by atoms with Crippen LogP contribution >= 0.6 is 0 Å². The number of nitrogens with zero attached hydrogens (tertiary/aromatic N) is 1. The molecule has 1 rings (SSSR count). The third-order valence-electron chi connectivity index (χ3n) is 5.11. The molecule has 1 saturated carbocycles. The highest BCUT2D eigenvalue weighted by molar-refractivity contribution is 4.98. The highest BCUT2D eigenvalue weighted by atomic mass is 16.5. The largest absolute Gasteiger partial charge is 0.383 e. The lowest BCUT2D eigenvalue weighted by molar-refractivity contribution is 0.0121. The van der Waals surface area contributed by atoms with Gasteiger partial charge in [0.05, 0.1) is 6.61 Å². The Hall–Kier alpha value is -0.120. The van der Waals surface area contributed by atoms with Crippen molar-refractivity contribution >= 4 is 0 Å². The fourth-order valence-electron chi connectivity index (χ4n) is 3.74. The molecule has 0 aromatic heterocycles. The molecule has 0 saturated heterocycles. The monoisotopic (exact) mass is 284 g/mol. The summed E-state index contributed by atoms with van der Waals surface area (Å²) in [6.45, 7) is 14.7. The summed E-state index contributed by atoms with van der Waals surface area (Å²) < 4.78 is 5.34.